The zero-order valence-corrected chi connectivity index (χ0v) is 13.6. The highest BCUT2D eigenvalue weighted by molar-refractivity contribution is 5.81. The molecule has 1 aliphatic rings. The summed E-state index contributed by atoms with van der Waals surface area (Å²) in [6.07, 6.45) is 3.73. The van der Waals surface area contributed by atoms with E-state index < -0.39 is 0 Å². The molecule has 1 aliphatic heterocycles. The fourth-order valence-corrected chi connectivity index (χ4v) is 3.13. The lowest BCUT2D eigenvalue weighted by molar-refractivity contribution is -0.121. The summed E-state index contributed by atoms with van der Waals surface area (Å²) in [5.74, 6) is -0.152. The number of likely N-dealkylation sites (N-methyl/N-ethyl adjacent to an activating group) is 1. The zero-order valence-electron chi connectivity index (χ0n) is 13.6. The van der Waals surface area contributed by atoms with Crippen molar-refractivity contribution in [2.45, 2.75) is 32.4 Å². The number of likely N-dealkylation sites (tertiary alicyclic amines) is 1. The van der Waals surface area contributed by atoms with Gasteiger partial charge in [-0.2, -0.15) is 0 Å². The second kappa shape index (κ2) is 6.50. The van der Waals surface area contributed by atoms with Gasteiger partial charge in [0.1, 0.15) is 6.54 Å². The minimum absolute atomic E-state index is 0.00610. The Balaban J connectivity index is 1.70. The third kappa shape index (κ3) is 3.27. The van der Waals surface area contributed by atoms with Gasteiger partial charge in [-0.05, 0) is 45.0 Å². The van der Waals surface area contributed by atoms with Crippen molar-refractivity contribution in [1.82, 2.24) is 19.8 Å². The van der Waals surface area contributed by atoms with Crippen LogP contribution in [0.25, 0.3) is 10.9 Å². The van der Waals surface area contributed by atoms with Crippen molar-refractivity contribution >= 4 is 16.8 Å². The molecule has 2 aromatic rings. The van der Waals surface area contributed by atoms with Crippen molar-refractivity contribution in [3.8, 4) is 0 Å². The van der Waals surface area contributed by atoms with Crippen LogP contribution in [-0.4, -0.2) is 46.5 Å². The van der Waals surface area contributed by atoms with Crippen molar-refractivity contribution < 1.29 is 4.79 Å². The predicted octanol–water partition coefficient (Wildman–Crippen LogP) is 0.915. The number of carbonyl (C=O) groups excluding carboxylic acids is 1. The maximum Gasteiger partial charge on any atom is 0.261 e. The monoisotopic (exact) mass is 314 g/mol. The van der Waals surface area contributed by atoms with E-state index in [1.54, 1.807) is 6.07 Å². The molecule has 3 rings (SSSR count). The Morgan fingerprint density at radius 1 is 1.43 bits per heavy atom. The van der Waals surface area contributed by atoms with Crippen LogP contribution < -0.4 is 10.9 Å². The van der Waals surface area contributed by atoms with E-state index >= 15 is 0 Å². The molecule has 1 atom stereocenters. The summed E-state index contributed by atoms with van der Waals surface area (Å²) in [7, 11) is 2.07. The lowest BCUT2D eigenvalue weighted by Crippen LogP contribution is -2.40. The highest BCUT2D eigenvalue weighted by Gasteiger charge is 2.21. The van der Waals surface area contributed by atoms with E-state index in [0.29, 0.717) is 23.5 Å². The molecule has 1 aromatic heterocycles. The molecule has 1 fully saturated rings. The molecule has 0 saturated carbocycles. The van der Waals surface area contributed by atoms with Crippen LogP contribution >= 0.6 is 0 Å². The largest absolute Gasteiger partial charge is 0.353 e. The molecule has 1 saturated heterocycles. The summed E-state index contributed by atoms with van der Waals surface area (Å²) in [5.41, 5.74) is 1.48. The van der Waals surface area contributed by atoms with Gasteiger partial charge in [-0.25, -0.2) is 4.98 Å². The van der Waals surface area contributed by atoms with Gasteiger partial charge in [0.2, 0.25) is 5.91 Å². The van der Waals surface area contributed by atoms with E-state index in [1.807, 2.05) is 19.1 Å². The number of benzene rings is 1. The van der Waals surface area contributed by atoms with Crippen LogP contribution in [0, 0.1) is 6.92 Å². The van der Waals surface area contributed by atoms with Gasteiger partial charge in [0, 0.05) is 12.6 Å². The number of carbonyl (C=O) groups is 1. The molecule has 0 radical (unpaired) electrons. The summed E-state index contributed by atoms with van der Waals surface area (Å²) in [6.45, 7) is 3.63. The Hall–Kier alpha value is -2.21. The Morgan fingerprint density at radius 2 is 2.26 bits per heavy atom. The smallest absolute Gasteiger partial charge is 0.261 e. The van der Waals surface area contributed by atoms with Crippen LogP contribution in [-0.2, 0) is 11.3 Å². The number of amides is 1. The van der Waals surface area contributed by atoms with E-state index in [0.717, 1.165) is 18.5 Å². The van der Waals surface area contributed by atoms with Gasteiger partial charge >= 0.3 is 0 Å². The first kappa shape index (κ1) is 15.7. The number of fused-ring (bicyclic) bond motifs is 1. The SMILES string of the molecule is Cc1cccc2c(=O)n(CC(=O)NC[C@@H]3CCCN3C)cnc12. The van der Waals surface area contributed by atoms with Crippen molar-refractivity contribution in [3.05, 3.63) is 40.4 Å². The first-order chi connectivity index (χ1) is 11.1. The van der Waals surface area contributed by atoms with Crippen molar-refractivity contribution in [3.63, 3.8) is 0 Å². The maximum absolute atomic E-state index is 12.5. The lowest BCUT2D eigenvalue weighted by Gasteiger charge is -2.19. The Kier molecular flexibility index (Phi) is 4.43. The number of para-hydroxylation sites is 1. The van der Waals surface area contributed by atoms with Crippen LogP contribution in [0.3, 0.4) is 0 Å². The third-order valence-corrected chi connectivity index (χ3v) is 4.58. The lowest BCUT2D eigenvalue weighted by atomic mass is 10.1. The average Bonchev–Trinajstić information content (AvgIpc) is 2.94. The van der Waals surface area contributed by atoms with Gasteiger partial charge in [0.05, 0.1) is 17.2 Å². The maximum atomic E-state index is 12.5. The number of rotatable bonds is 4. The summed E-state index contributed by atoms with van der Waals surface area (Å²) >= 11 is 0. The molecule has 0 aliphatic carbocycles. The van der Waals surface area contributed by atoms with Crippen LogP contribution in [0.15, 0.2) is 29.3 Å². The second-order valence-electron chi connectivity index (χ2n) is 6.23. The van der Waals surface area contributed by atoms with E-state index in [-0.39, 0.29) is 18.0 Å². The number of hydrogen-bond donors (Lipinski definition) is 1. The average molecular weight is 314 g/mol. The van der Waals surface area contributed by atoms with E-state index in [1.165, 1.54) is 17.3 Å². The van der Waals surface area contributed by atoms with Gasteiger partial charge < -0.3 is 10.2 Å². The molecule has 6 heteroatoms. The fourth-order valence-electron chi connectivity index (χ4n) is 3.13. The van der Waals surface area contributed by atoms with Gasteiger partial charge in [-0.3, -0.25) is 14.2 Å². The molecule has 122 valence electrons. The van der Waals surface area contributed by atoms with Crippen LogP contribution in [0.5, 0.6) is 0 Å². The van der Waals surface area contributed by atoms with Crippen LogP contribution in [0.1, 0.15) is 18.4 Å². The molecule has 1 amide bonds. The van der Waals surface area contributed by atoms with Gasteiger partial charge in [-0.1, -0.05) is 12.1 Å². The molecule has 1 N–H and O–H groups in total. The molecule has 0 unspecified atom stereocenters. The van der Waals surface area contributed by atoms with Gasteiger partial charge in [0.25, 0.3) is 5.56 Å². The fraction of sp³-hybridized carbons (Fsp3) is 0.471. The number of hydrogen-bond acceptors (Lipinski definition) is 4. The van der Waals surface area contributed by atoms with Crippen LogP contribution in [0.2, 0.25) is 0 Å². The van der Waals surface area contributed by atoms with Crippen molar-refractivity contribution in [1.29, 1.82) is 0 Å². The molecule has 1 aromatic carbocycles. The number of aromatic nitrogens is 2. The minimum atomic E-state index is -0.174. The van der Waals surface area contributed by atoms with E-state index in [9.17, 15) is 9.59 Å². The highest BCUT2D eigenvalue weighted by Crippen LogP contribution is 2.13. The second-order valence-corrected chi connectivity index (χ2v) is 6.23. The summed E-state index contributed by atoms with van der Waals surface area (Å²) in [4.78, 5) is 31.2. The third-order valence-electron chi connectivity index (χ3n) is 4.58. The summed E-state index contributed by atoms with van der Waals surface area (Å²) in [6, 6.07) is 5.90. The molecular weight excluding hydrogens is 292 g/mol. The molecule has 6 nitrogen and oxygen atoms in total. The first-order valence-electron chi connectivity index (χ1n) is 7.98. The minimum Gasteiger partial charge on any atom is -0.353 e. The molecule has 2 heterocycles. The van der Waals surface area contributed by atoms with Crippen LogP contribution in [0.4, 0.5) is 0 Å². The summed E-state index contributed by atoms with van der Waals surface area (Å²) in [5, 5.41) is 3.47. The van der Waals surface area contributed by atoms with Gasteiger partial charge in [0.15, 0.2) is 0 Å². The first-order valence-corrected chi connectivity index (χ1v) is 7.98. The molecule has 0 spiro atoms. The van der Waals surface area contributed by atoms with E-state index in [2.05, 4.69) is 22.2 Å². The summed E-state index contributed by atoms with van der Waals surface area (Å²) < 4.78 is 1.37. The number of nitrogens with zero attached hydrogens (tertiary/aromatic N) is 3. The molecule has 23 heavy (non-hydrogen) atoms. The zero-order chi connectivity index (χ0) is 16.4. The predicted molar refractivity (Wildman–Crippen MR) is 89.4 cm³/mol. The number of aryl methyl sites for hydroxylation is 1. The Bertz CT molecular complexity index is 784. The highest BCUT2D eigenvalue weighted by atomic mass is 16.2. The topological polar surface area (TPSA) is 67.2 Å². The van der Waals surface area contributed by atoms with E-state index in [4.69, 9.17) is 0 Å². The normalized spacial score (nSPS) is 18.4. The van der Waals surface area contributed by atoms with Crippen molar-refractivity contribution in [2.24, 2.45) is 0 Å². The van der Waals surface area contributed by atoms with Gasteiger partial charge in [-0.15, -0.1) is 0 Å². The number of nitrogens with one attached hydrogen (secondary N) is 1. The quantitative estimate of drug-likeness (QED) is 0.911. The Labute approximate surface area is 135 Å². The molecule has 0 bridgehead atoms. The Morgan fingerprint density at radius 3 is 3.00 bits per heavy atom. The molecular formula is C17H22N4O2. The van der Waals surface area contributed by atoms with Crippen molar-refractivity contribution in [2.75, 3.05) is 20.1 Å². The standard InChI is InChI=1S/C17H22N4O2/c1-12-5-3-7-14-16(12)19-11-21(17(14)23)10-15(22)18-9-13-6-4-8-20(13)2/h3,5,7,11,13H,4,6,8-10H2,1-2H3,(H,18,22)/t13-/m0/s1.